The molecule has 0 amide bonds. The van der Waals surface area contributed by atoms with Gasteiger partial charge in [0.1, 0.15) is 11.5 Å². The Bertz CT molecular complexity index is 727. The van der Waals surface area contributed by atoms with Gasteiger partial charge in [0.05, 0.1) is 12.6 Å². The van der Waals surface area contributed by atoms with Crippen LogP contribution in [0.5, 0.6) is 11.5 Å². The van der Waals surface area contributed by atoms with Crippen molar-refractivity contribution in [1.29, 1.82) is 0 Å². The summed E-state index contributed by atoms with van der Waals surface area (Å²) in [5.41, 5.74) is -0.0923. The lowest BCUT2D eigenvalue weighted by Gasteiger charge is -2.18. The van der Waals surface area contributed by atoms with E-state index in [1.165, 1.54) is 38.9 Å². The minimum absolute atomic E-state index is 0.276. The second-order valence-corrected chi connectivity index (χ2v) is 7.02. The van der Waals surface area contributed by atoms with Gasteiger partial charge in [0.25, 0.3) is 5.92 Å². The quantitative estimate of drug-likeness (QED) is 0.643. The third-order valence-electron chi connectivity index (χ3n) is 5.18. The van der Waals surface area contributed by atoms with E-state index in [9.17, 15) is 13.9 Å². The van der Waals surface area contributed by atoms with Crippen molar-refractivity contribution in [2.75, 3.05) is 7.11 Å². The van der Waals surface area contributed by atoms with Crippen molar-refractivity contribution < 1.29 is 18.6 Å². The molecule has 0 atom stereocenters. The van der Waals surface area contributed by atoms with Crippen LogP contribution in [0.3, 0.4) is 0 Å². The fourth-order valence-electron chi connectivity index (χ4n) is 3.74. The number of aromatic nitrogens is 1. The number of unbranched alkanes of at least 4 members (excludes halogenated alkanes) is 1. The molecule has 1 saturated carbocycles. The Morgan fingerprint density at radius 3 is 2.68 bits per heavy atom. The van der Waals surface area contributed by atoms with Gasteiger partial charge in [-0.1, -0.05) is 38.5 Å². The summed E-state index contributed by atoms with van der Waals surface area (Å²) in [6.45, 7) is 0. The van der Waals surface area contributed by atoms with Crippen molar-refractivity contribution in [3.8, 4) is 11.5 Å². The number of ether oxygens (including phenoxy) is 1. The van der Waals surface area contributed by atoms with E-state index in [0.29, 0.717) is 23.1 Å². The van der Waals surface area contributed by atoms with Crippen molar-refractivity contribution >= 4 is 10.9 Å². The number of rotatable bonds is 7. The van der Waals surface area contributed by atoms with E-state index in [1.807, 2.05) is 0 Å². The second-order valence-electron chi connectivity index (χ2n) is 7.02. The van der Waals surface area contributed by atoms with Crippen LogP contribution in [0.2, 0.25) is 0 Å². The van der Waals surface area contributed by atoms with E-state index in [4.69, 9.17) is 4.74 Å². The van der Waals surface area contributed by atoms with Gasteiger partial charge in [-0.2, -0.15) is 8.78 Å². The number of benzene rings is 1. The molecule has 0 bridgehead atoms. The van der Waals surface area contributed by atoms with Crippen molar-refractivity contribution in [3.05, 3.63) is 30.0 Å². The molecule has 3 rings (SSSR count). The van der Waals surface area contributed by atoms with Crippen LogP contribution in [-0.2, 0) is 5.92 Å². The van der Waals surface area contributed by atoms with E-state index in [0.717, 1.165) is 18.8 Å². The molecule has 1 fully saturated rings. The molecule has 1 aliphatic rings. The topological polar surface area (TPSA) is 42.4 Å². The Balaban J connectivity index is 1.68. The molecule has 136 valence electrons. The summed E-state index contributed by atoms with van der Waals surface area (Å²) in [4.78, 5) is 4.02. The summed E-state index contributed by atoms with van der Waals surface area (Å²) in [5.74, 6) is -2.26. The fraction of sp³-hybridized carbons (Fsp3) is 0.550. The summed E-state index contributed by atoms with van der Waals surface area (Å²) in [6, 6.07) is 6.32. The molecule has 0 spiro atoms. The van der Waals surface area contributed by atoms with Crippen molar-refractivity contribution in [2.45, 2.75) is 57.3 Å². The molecule has 1 N–H and O–H groups in total. The Hall–Kier alpha value is -1.91. The Morgan fingerprint density at radius 2 is 1.96 bits per heavy atom. The van der Waals surface area contributed by atoms with E-state index >= 15 is 0 Å². The van der Waals surface area contributed by atoms with Crippen molar-refractivity contribution in [3.63, 3.8) is 0 Å². The molecule has 5 heteroatoms. The first-order chi connectivity index (χ1) is 12.0. The maximum atomic E-state index is 14.5. The summed E-state index contributed by atoms with van der Waals surface area (Å²) in [5, 5.41) is 10.6. The lowest BCUT2D eigenvalue weighted by Crippen LogP contribution is -2.16. The van der Waals surface area contributed by atoms with Crippen LogP contribution in [0, 0.1) is 5.92 Å². The normalized spacial score (nSPS) is 15.8. The third-order valence-corrected chi connectivity index (χ3v) is 5.18. The first-order valence-corrected chi connectivity index (χ1v) is 9.05. The molecule has 1 aliphatic carbocycles. The second kappa shape index (κ2) is 7.54. The van der Waals surface area contributed by atoms with Crippen LogP contribution in [0.15, 0.2) is 24.3 Å². The van der Waals surface area contributed by atoms with Crippen molar-refractivity contribution in [1.82, 2.24) is 4.98 Å². The van der Waals surface area contributed by atoms with Crippen LogP contribution in [0.4, 0.5) is 8.78 Å². The molecule has 1 aromatic carbocycles. The van der Waals surface area contributed by atoms with Gasteiger partial charge in [-0.3, -0.25) is 0 Å². The Kier molecular flexibility index (Phi) is 5.40. The minimum Gasteiger partial charge on any atom is -0.506 e. The highest BCUT2D eigenvalue weighted by Crippen LogP contribution is 2.39. The largest absolute Gasteiger partial charge is 0.506 e. The summed E-state index contributed by atoms with van der Waals surface area (Å²) in [6.07, 6.45) is 7.06. The predicted octanol–water partition coefficient (Wildman–Crippen LogP) is 5.79. The zero-order valence-corrected chi connectivity index (χ0v) is 14.6. The van der Waals surface area contributed by atoms with Gasteiger partial charge in [0.2, 0.25) is 0 Å². The lowest BCUT2D eigenvalue weighted by molar-refractivity contribution is -0.0221. The Morgan fingerprint density at radius 1 is 1.20 bits per heavy atom. The maximum Gasteiger partial charge on any atom is 0.293 e. The molecule has 1 aromatic heterocycles. The van der Waals surface area contributed by atoms with E-state index in [1.54, 1.807) is 18.2 Å². The van der Waals surface area contributed by atoms with Crippen LogP contribution < -0.4 is 4.74 Å². The summed E-state index contributed by atoms with van der Waals surface area (Å²) in [7, 11) is 1.53. The third kappa shape index (κ3) is 4.20. The van der Waals surface area contributed by atoms with E-state index < -0.39 is 17.4 Å². The molecule has 0 aliphatic heterocycles. The van der Waals surface area contributed by atoms with Gasteiger partial charge in [0, 0.05) is 11.8 Å². The van der Waals surface area contributed by atoms with Crippen LogP contribution in [0.25, 0.3) is 10.9 Å². The SMILES string of the molecule is COc1ccc2nc(C(F)(F)CCCCC3CCCC3)c(O)cc2c1. The number of aromatic hydroxyl groups is 1. The average molecular weight is 349 g/mol. The number of nitrogens with zero attached hydrogens (tertiary/aromatic N) is 1. The predicted molar refractivity (Wildman–Crippen MR) is 94.3 cm³/mol. The fourth-order valence-corrected chi connectivity index (χ4v) is 3.74. The molecule has 0 radical (unpaired) electrons. The number of halogens is 2. The lowest BCUT2D eigenvalue weighted by atomic mass is 9.98. The molecule has 1 heterocycles. The van der Waals surface area contributed by atoms with E-state index in [-0.39, 0.29) is 6.42 Å². The minimum atomic E-state index is -3.12. The van der Waals surface area contributed by atoms with E-state index in [2.05, 4.69) is 4.98 Å². The number of fused-ring (bicyclic) bond motifs is 1. The van der Waals surface area contributed by atoms with Crippen LogP contribution in [0.1, 0.15) is 57.1 Å². The van der Waals surface area contributed by atoms with Gasteiger partial charge in [-0.05, 0) is 36.6 Å². The molecule has 3 nitrogen and oxygen atoms in total. The highest BCUT2D eigenvalue weighted by molar-refractivity contribution is 5.82. The van der Waals surface area contributed by atoms with Gasteiger partial charge in [0.15, 0.2) is 5.69 Å². The number of methoxy groups -OCH3 is 1. The maximum absolute atomic E-state index is 14.5. The Labute approximate surface area is 147 Å². The van der Waals surface area contributed by atoms with Crippen molar-refractivity contribution in [2.24, 2.45) is 5.92 Å². The summed E-state index contributed by atoms with van der Waals surface area (Å²) < 4.78 is 34.2. The average Bonchev–Trinajstić information content (AvgIpc) is 3.11. The molecule has 0 unspecified atom stereocenters. The number of hydrogen-bond acceptors (Lipinski definition) is 3. The number of hydrogen-bond donors (Lipinski definition) is 1. The monoisotopic (exact) mass is 349 g/mol. The first kappa shape index (κ1) is 17.9. The van der Waals surface area contributed by atoms with Crippen LogP contribution >= 0.6 is 0 Å². The summed E-state index contributed by atoms with van der Waals surface area (Å²) >= 11 is 0. The molecule has 2 aromatic rings. The highest BCUT2D eigenvalue weighted by Gasteiger charge is 2.36. The number of alkyl halides is 2. The van der Waals surface area contributed by atoms with Gasteiger partial charge >= 0.3 is 0 Å². The molecule has 0 saturated heterocycles. The molecular weight excluding hydrogens is 324 g/mol. The standard InChI is InChI=1S/C20H25F2NO2/c1-25-16-9-10-17-15(12-16)13-18(24)19(23-17)20(21,22)11-5-4-8-14-6-2-3-7-14/h9-10,12-14,24H,2-8,11H2,1H3. The van der Waals surface area contributed by atoms with Gasteiger partial charge < -0.3 is 9.84 Å². The smallest absolute Gasteiger partial charge is 0.293 e. The highest BCUT2D eigenvalue weighted by atomic mass is 19.3. The number of pyridine rings is 1. The van der Waals surface area contributed by atoms with Gasteiger partial charge in [-0.25, -0.2) is 4.98 Å². The molecule has 25 heavy (non-hydrogen) atoms. The molecular formula is C20H25F2NO2. The zero-order valence-electron chi connectivity index (χ0n) is 14.6. The van der Waals surface area contributed by atoms with Gasteiger partial charge in [-0.15, -0.1) is 0 Å². The first-order valence-electron chi connectivity index (χ1n) is 9.05. The van der Waals surface area contributed by atoms with Crippen LogP contribution in [-0.4, -0.2) is 17.2 Å². The zero-order chi connectivity index (χ0) is 17.9.